The number of isocyanates is 1. The van der Waals surface area contributed by atoms with Gasteiger partial charge in [0.2, 0.25) is 6.08 Å². The van der Waals surface area contributed by atoms with Crippen LogP contribution in [0.4, 0.5) is 0 Å². The highest BCUT2D eigenvalue weighted by molar-refractivity contribution is 6.32. The lowest BCUT2D eigenvalue weighted by Crippen LogP contribution is -2.31. The Kier molecular flexibility index (Phi) is 2.93. The van der Waals surface area contributed by atoms with E-state index in [0.29, 0.717) is 5.02 Å². The van der Waals surface area contributed by atoms with E-state index in [1.165, 1.54) is 6.33 Å². The molecule has 5 nitrogen and oxygen atoms in total. The summed E-state index contributed by atoms with van der Waals surface area (Å²) in [5.41, 5.74) is 1.29. The van der Waals surface area contributed by atoms with Crippen LogP contribution < -0.4 is 0 Å². The summed E-state index contributed by atoms with van der Waals surface area (Å²) in [5.74, 6) is 0. The van der Waals surface area contributed by atoms with Gasteiger partial charge in [-0.1, -0.05) is 17.7 Å². The van der Waals surface area contributed by atoms with Crippen molar-refractivity contribution in [1.29, 1.82) is 0 Å². The topological polar surface area (TPSA) is 60.1 Å². The zero-order valence-electron chi connectivity index (χ0n) is 10.1. The van der Waals surface area contributed by atoms with Crippen molar-refractivity contribution in [2.24, 2.45) is 4.99 Å². The van der Waals surface area contributed by atoms with E-state index >= 15 is 0 Å². The second kappa shape index (κ2) is 4.61. The first kappa shape index (κ1) is 12.1. The van der Waals surface area contributed by atoms with Crippen LogP contribution in [0.5, 0.6) is 0 Å². The summed E-state index contributed by atoms with van der Waals surface area (Å²) in [7, 11) is 0. The number of aliphatic imine (C=N–C) groups is 1. The Morgan fingerprint density at radius 2 is 2.26 bits per heavy atom. The summed E-state index contributed by atoms with van der Waals surface area (Å²) in [6.07, 6.45) is 7.50. The maximum absolute atomic E-state index is 10.6. The number of rotatable bonds is 3. The summed E-state index contributed by atoms with van der Waals surface area (Å²) < 4.78 is 1.60. The Labute approximate surface area is 114 Å². The Morgan fingerprint density at radius 1 is 1.42 bits per heavy atom. The molecule has 0 radical (unpaired) electrons. The van der Waals surface area contributed by atoms with Crippen molar-refractivity contribution in [3.05, 3.63) is 41.4 Å². The molecular weight excluding hydrogens is 264 g/mol. The Hall–Kier alpha value is -1.97. The maximum Gasteiger partial charge on any atom is 0.235 e. The van der Waals surface area contributed by atoms with E-state index in [2.05, 4.69) is 15.1 Å². The molecule has 19 heavy (non-hydrogen) atoms. The van der Waals surface area contributed by atoms with Crippen molar-refractivity contribution in [1.82, 2.24) is 14.8 Å². The molecule has 1 aromatic carbocycles. The monoisotopic (exact) mass is 274 g/mol. The summed E-state index contributed by atoms with van der Waals surface area (Å²) >= 11 is 6.28. The van der Waals surface area contributed by atoms with E-state index in [0.717, 1.165) is 30.5 Å². The van der Waals surface area contributed by atoms with E-state index in [1.807, 2.05) is 18.2 Å². The summed E-state index contributed by atoms with van der Waals surface area (Å²) in [4.78, 5) is 18.4. The van der Waals surface area contributed by atoms with Gasteiger partial charge in [0.1, 0.15) is 12.7 Å². The molecule has 1 fully saturated rings. The van der Waals surface area contributed by atoms with Crippen LogP contribution in [0.2, 0.25) is 5.02 Å². The van der Waals surface area contributed by atoms with Gasteiger partial charge in [-0.2, -0.15) is 10.1 Å². The van der Waals surface area contributed by atoms with E-state index in [-0.39, 0.29) is 0 Å². The van der Waals surface area contributed by atoms with Gasteiger partial charge in [-0.3, -0.25) is 0 Å². The molecule has 0 amide bonds. The lowest BCUT2D eigenvalue weighted by atomic mass is 9.72. The van der Waals surface area contributed by atoms with Crippen LogP contribution >= 0.6 is 11.6 Å². The maximum atomic E-state index is 10.6. The molecule has 0 unspecified atom stereocenters. The number of halogens is 1. The van der Waals surface area contributed by atoms with Gasteiger partial charge in [-0.05, 0) is 37.0 Å². The van der Waals surface area contributed by atoms with Gasteiger partial charge in [-0.25, -0.2) is 14.5 Å². The predicted octanol–water partition coefficient (Wildman–Crippen LogP) is 2.64. The van der Waals surface area contributed by atoms with Crippen LogP contribution in [-0.4, -0.2) is 20.8 Å². The van der Waals surface area contributed by atoms with Crippen molar-refractivity contribution in [2.75, 3.05) is 0 Å². The minimum absolute atomic E-state index is 0.424. The molecule has 0 bridgehead atoms. The summed E-state index contributed by atoms with van der Waals surface area (Å²) in [6, 6.07) is 5.65. The zero-order chi connectivity index (χ0) is 13.3. The first-order valence-electron chi connectivity index (χ1n) is 5.99. The van der Waals surface area contributed by atoms with Gasteiger partial charge >= 0.3 is 0 Å². The number of hydrogen-bond donors (Lipinski definition) is 0. The second-order valence-corrected chi connectivity index (χ2v) is 5.00. The molecule has 1 aliphatic rings. The molecule has 96 valence electrons. The fraction of sp³-hybridized carbons (Fsp3) is 0.308. The minimum atomic E-state index is -0.424. The standard InChI is InChI=1S/C13H11ClN4O/c14-11-6-10(13(16-9-19)4-1-5-13)2-3-12(11)18-8-15-7-17-18/h2-3,6-8H,1,4-5H2. The molecule has 6 heteroatoms. The highest BCUT2D eigenvalue weighted by Crippen LogP contribution is 2.45. The fourth-order valence-corrected chi connectivity index (χ4v) is 2.65. The van der Waals surface area contributed by atoms with Gasteiger partial charge in [-0.15, -0.1) is 0 Å². The highest BCUT2D eigenvalue weighted by Gasteiger charge is 2.39. The van der Waals surface area contributed by atoms with Crippen molar-refractivity contribution in [2.45, 2.75) is 24.8 Å². The van der Waals surface area contributed by atoms with Crippen molar-refractivity contribution in [3.63, 3.8) is 0 Å². The van der Waals surface area contributed by atoms with Gasteiger partial charge in [0.05, 0.1) is 16.2 Å². The van der Waals surface area contributed by atoms with Gasteiger partial charge in [0, 0.05) is 0 Å². The molecular formula is C13H11ClN4O. The largest absolute Gasteiger partial charge is 0.235 e. The van der Waals surface area contributed by atoms with Crippen LogP contribution in [0.1, 0.15) is 24.8 Å². The number of carbonyl (C=O) groups excluding carboxylic acids is 1. The number of nitrogens with zero attached hydrogens (tertiary/aromatic N) is 4. The zero-order valence-corrected chi connectivity index (χ0v) is 10.8. The molecule has 1 heterocycles. The molecule has 1 saturated carbocycles. The smallest absolute Gasteiger partial charge is 0.223 e. The van der Waals surface area contributed by atoms with Gasteiger partial charge < -0.3 is 0 Å². The van der Waals surface area contributed by atoms with E-state index in [1.54, 1.807) is 17.1 Å². The minimum Gasteiger partial charge on any atom is -0.223 e. The third-order valence-electron chi connectivity index (χ3n) is 3.59. The Balaban J connectivity index is 2.02. The van der Waals surface area contributed by atoms with Crippen LogP contribution in [0.25, 0.3) is 5.69 Å². The fourth-order valence-electron chi connectivity index (χ4n) is 2.38. The quantitative estimate of drug-likeness (QED) is 0.638. The van der Waals surface area contributed by atoms with Crippen LogP contribution in [0.3, 0.4) is 0 Å². The molecule has 0 saturated heterocycles. The average Bonchev–Trinajstić information content (AvgIpc) is 2.87. The van der Waals surface area contributed by atoms with Crippen LogP contribution in [-0.2, 0) is 10.3 Å². The first-order valence-corrected chi connectivity index (χ1v) is 6.37. The molecule has 0 N–H and O–H groups in total. The van der Waals surface area contributed by atoms with E-state index in [9.17, 15) is 4.79 Å². The molecule has 3 rings (SSSR count). The molecule has 0 aliphatic heterocycles. The number of aromatic nitrogens is 3. The number of hydrogen-bond acceptors (Lipinski definition) is 4. The summed E-state index contributed by atoms with van der Waals surface area (Å²) in [5, 5.41) is 4.61. The van der Waals surface area contributed by atoms with Crippen LogP contribution in [0, 0.1) is 0 Å². The molecule has 1 aliphatic carbocycles. The normalized spacial score (nSPS) is 16.5. The third kappa shape index (κ3) is 1.97. The van der Waals surface area contributed by atoms with Crippen LogP contribution in [0.15, 0.2) is 35.8 Å². The number of benzene rings is 1. The van der Waals surface area contributed by atoms with Crippen molar-refractivity contribution in [3.8, 4) is 5.69 Å². The Morgan fingerprint density at radius 3 is 2.79 bits per heavy atom. The average molecular weight is 275 g/mol. The highest BCUT2D eigenvalue weighted by atomic mass is 35.5. The second-order valence-electron chi connectivity index (χ2n) is 4.59. The van der Waals surface area contributed by atoms with E-state index < -0.39 is 5.54 Å². The predicted molar refractivity (Wildman–Crippen MR) is 70.0 cm³/mol. The van der Waals surface area contributed by atoms with E-state index in [4.69, 9.17) is 11.6 Å². The third-order valence-corrected chi connectivity index (χ3v) is 3.89. The van der Waals surface area contributed by atoms with Crippen molar-refractivity contribution >= 4 is 17.7 Å². The lowest BCUT2D eigenvalue weighted by Gasteiger charge is -2.37. The first-order chi connectivity index (χ1) is 9.25. The van der Waals surface area contributed by atoms with Crippen molar-refractivity contribution < 1.29 is 4.79 Å². The molecule has 0 atom stereocenters. The molecule has 0 spiro atoms. The molecule has 2 aromatic rings. The SMILES string of the molecule is O=C=NC1(c2ccc(-n3cncn3)c(Cl)c2)CCC1. The van der Waals surface area contributed by atoms with Gasteiger partial charge in [0.25, 0.3) is 0 Å². The summed E-state index contributed by atoms with van der Waals surface area (Å²) in [6.45, 7) is 0. The molecule has 1 aromatic heterocycles. The Bertz CT molecular complexity index is 643. The lowest BCUT2D eigenvalue weighted by molar-refractivity contribution is 0.256. The van der Waals surface area contributed by atoms with Gasteiger partial charge in [0.15, 0.2) is 0 Å².